The van der Waals surface area contributed by atoms with Gasteiger partial charge in [0.2, 0.25) is 0 Å². The number of aromatic hydroxyl groups is 1. The molecule has 2 aromatic rings. The van der Waals surface area contributed by atoms with E-state index in [1.165, 1.54) is 13.2 Å². The van der Waals surface area contributed by atoms with E-state index in [4.69, 9.17) is 9.26 Å². The monoisotopic (exact) mass is 252 g/mol. The second-order valence-electron chi connectivity index (χ2n) is 3.33. The van der Waals surface area contributed by atoms with E-state index in [1.54, 1.807) is 23.9 Å². The van der Waals surface area contributed by atoms with Gasteiger partial charge in [-0.15, -0.1) is 0 Å². The maximum atomic E-state index is 9.80. The third-order valence-corrected chi connectivity index (χ3v) is 2.72. The highest BCUT2D eigenvalue weighted by atomic mass is 32.2. The van der Waals surface area contributed by atoms with Crippen LogP contribution in [0.15, 0.2) is 22.7 Å². The molecule has 0 bridgehead atoms. The molecule has 0 atom stereocenters. The van der Waals surface area contributed by atoms with Gasteiger partial charge < -0.3 is 14.4 Å². The van der Waals surface area contributed by atoms with Gasteiger partial charge in [0.1, 0.15) is 11.5 Å². The van der Waals surface area contributed by atoms with Crippen LogP contribution < -0.4 is 4.74 Å². The lowest BCUT2D eigenvalue weighted by molar-refractivity contribution is 0.404. The fraction of sp³-hybridized carbons (Fsp3) is 0.273. The highest BCUT2D eigenvalue weighted by Gasteiger charge is 2.13. The molecule has 0 aliphatic rings. The standard InChI is InChI=1S/C11H12N2O3S/c1-15-7-3-4-8(9(14)5-7)11-12-10(6-17-2)13-16-11/h3-5,14H,6H2,1-2H3. The van der Waals surface area contributed by atoms with Gasteiger partial charge in [0, 0.05) is 6.07 Å². The lowest BCUT2D eigenvalue weighted by atomic mass is 10.2. The van der Waals surface area contributed by atoms with Gasteiger partial charge >= 0.3 is 0 Å². The number of rotatable bonds is 4. The van der Waals surface area contributed by atoms with Crippen molar-refractivity contribution in [3.05, 3.63) is 24.0 Å². The first-order chi connectivity index (χ1) is 8.24. The van der Waals surface area contributed by atoms with Crippen molar-refractivity contribution in [3.8, 4) is 23.0 Å². The second kappa shape index (κ2) is 5.09. The lowest BCUT2D eigenvalue weighted by Gasteiger charge is -2.02. The molecular formula is C11H12N2O3S. The fourth-order valence-corrected chi connectivity index (χ4v) is 1.75. The molecule has 1 aromatic carbocycles. The first kappa shape index (κ1) is 11.8. The average Bonchev–Trinajstić information content (AvgIpc) is 2.78. The van der Waals surface area contributed by atoms with Gasteiger partial charge in [-0.3, -0.25) is 0 Å². The number of benzene rings is 1. The van der Waals surface area contributed by atoms with Crippen molar-refractivity contribution in [1.82, 2.24) is 10.1 Å². The lowest BCUT2D eigenvalue weighted by Crippen LogP contribution is -1.85. The van der Waals surface area contributed by atoms with Gasteiger partial charge in [0.15, 0.2) is 5.82 Å². The van der Waals surface area contributed by atoms with E-state index in [0.29, 0.717) is 28.8 Å². The molecule has 17 heavy (non-hydrogen) atoms. The second-order valence-corrected chi connectivity index (χ2v) is 4.20. The smallest absolute Gasteiger partial charge is 0.261 e. The quantitative estimate of drug-likeness (QED) is 0.900. The van der Waals surface area contributed by atoms with Gasteiger partial charge in [-0.2, -0.15) is 16.7 Å². The number of hydrogen-bond donors (Lipinski definition) is 1. The molecule has 0 aliphatic heterocycles. The molecule has 0 saturated carbocycles. The molecule has 90 valence electrons. The summed E-state index contributed by atoms with van der Waals surface area (Å²) >= 11 is 1.61. The van der Waals surface area contributed by atoms with Crippen molar-refractivity contribution in [2.75, 3.05) is 13.4 Å². The van der Waals surface area contributed by atoms with E-state index in [2.05, 4.69) is 10.1 Å². The predicted molar refractivity (Wildman–Crippen MR) is 65.2 cm³/mol. The molecule has 5 nitrogen and oxygen atoms in total. The first-order valence-corrected chi connectivity index (χ1v) is 6.33. The Hall–Kier alpha value is -1.69. The molecular weight excluding hydrogens is 240 g/mol. The summed E-state index contributed by atoms with van der Waals surface area (Å²) in [6, 6.07) is 4.92. The van der Waals surface area contributed by atoms with Crippen molar-refractivity contribution in [2.24, 2.45) is 0 Å². The van der Waals surface area contributed by atoms with E-state index in [0.717, 1.165) is 0 Å². The molecule has 2 rings (SSSR count). The first-order valence-electron chi connectivity index (χ1n) is 4.93. The number of phenols is 1. The van der Waals surface area contributed by atoms with Gasteiger partial charge in [-0.05, 0) is 18.4 Å². The van der Waals surface area contributed by atoms with Crippen LogP contribution in [0.5, 0.6) is 11.5 Å². The topological polar surface area (TPSA) is 68.4 Å². The summed E-state index contributed by atoms with van der Waals surface area (Å²) in [6.45, 7) is 0. The molecule has 0 spiro atoms. The number of hydrogen-bond acceptors (Lipinski definition) is 6. The maximum absolute atomic E-state index is 9.80. The summed E-state index contributed by atoms with van der Waals surface area (Å²) < 4.78 is 10.1. The Morgan fingerprint density at radius 3 is 2.94 bits per heavy atom. The zero-order valence-corrected chi connectivity index (χ0v) is 10.3. The number of nitrogens with zero attached hydrogens (tertiary/aromatic N) is 2. The Morgan fingerprint density at radius 2 is 2.29 bits per heavy atom. The minimum absolute atomic E-state index is 0.0590. The highest BCUT2D eigenvalue weighted by Crippen LogP contribution is 2.31. The van der Waals surface area contributed by atoms with Gasteiger partial charge in [0.25, 0.3) is 5.89 Å². The molecule has 0 radical (unpaired) electrons. The van der Waals surface area contributed by atoms with Crippen LogP contribution in [0.2, 0.25) is 0 Å². The molecule has 0 unspecified atom stereocenters. The minimum Gasteiger partial charge on any atom is -0.507 e. The predicted octanol–water partition coefficient (Wildman–Crippen LogP) is 2.31. The molecule has 0 aliphatic carbocycles. The summed E-state index contributed by atoms with van der Waals surface area (Å²) in [5.74, 6) is 2.25. The van der Waals surface area contributed by atoms with E-state index in [9.17, 15) is 5.11 Å². The summed E-state index contributed by atoms with van der Waals surface area (Å²) in [5.41, 5.74) is 0.505. The zero-order chi connectivity index (χ0) is 12.3. The van der Waals surface area contributed by atoms with Crippen LogP contribution in [0.4, 0.5) is 0 Å². The van der Waals surface area contributed by atoms with Gasteiger partial charge in [-0.1, -0.05) is 5.16 Å². The summed E-state index contributed by atoms with van der Waals surface area (Å²) in [6.07, 6.45) is 1.96. The molecule has 1 N–H and O–H groups in total. The summed E-state index contributed by atoms with van der Waals surface area (Å²) in [4.78, 5) is 4.19. The van der Waals surface area contributed by atoms with E-state index in [-0.39, 0.29) is 5.75 Å². The van der Waals surface area contributed by atoms with E-state index < -0.39 is 0 Å². The number of aromatic nitrogens is 2. The van der Waals surface area contributed by atoms with Crippen LogP contribution in [-0.2, 0) is 5.75 Å². The van der Waals surface area contributed by atoms with Crippen molar-refractivity contribution < 1.29 is 14.4 Å². The van der Waals surface area contributed by atoms with Crippen LogP contribution in [0, 0.1) is 0 Å². The van der Waals surface area contributed by atoms with Crippen molar-refractivity contribution >= 4 is 11.8 Å². The third kappa shape index (κ3) is 2.52. The molecule has 0 fully saturated rings. The van der Waals surface area contributed by atoms with Crippen molar-refractivity contribution in [2.45, 2.75) is 5.75 Å². The third-order valence-electron chi connectivity index (χ3n) is 2.18. The Kier molecular flexibility index (Phi) is 3.53. The van der Waals surface area contributed by atoms with Crippen LogP contribution in [0.1, 0.15) is 5.82 Å². The zero-order valence-electron chi connectivity index (χ0n) is 9.51. The van der Waals surface area contributed by atoms with Crippen LogP contribution in [-0.4, -0.2) is 28.6 Å². The van der Waals surface area contributed by atoms with Crippen LogP contribution >= 0.6 is 11.8 Å². The van der Waals surface area contributed by atoms with Crippen molar-refractivity contribution in [1.29, 1.82) is 0 Å². The van der Waals surface area contributed by atoms with E-state index >= 15 is 0 Å². The summed E-state index contributed by atoms with van der Waals surface area (Å²) in [7, 11) is 1.54. The maximum Gasteiger partial charge on any atom is 0.261 e. The minimum atomic E-state index is 0.0590. The molecule has 6 heteroatoms. The largest absolute Gasteiger partial charge is 0.507 e. The van der Waals surface area contributed by atoms with Crippen molar-refractivity contribution in [3.63, 3.8) is 0 Å². The Labute approximate surface area is 103 Å². The average molecular weight is 252 g/mol. The van der Waals surface area contributed by atoms with Gasteiger partial charge in [-0.25, -0.2) is 0 Å². The van der Waals surface area contributed by atoms with Crippen LogP contribution in [0.3, 0.4) is 0 Å². The Morgan fingerprint density at radius 1 is 1.47 bits per heavy atom. The van der Waals surface area contributed by atoms with E-state index in [1.807, 2.05) is 6.26 Å². The number of thioether (sulfide) groups is 1. The van der Waals surface area contributed by atoms with Gasteiger partial charge in [0.05, 0.1) is 18.4 Å². The number of phenolic OH excluding ortho intramolecular Hbond substituents is 1. The normalized spacial score (nSPS) is 10.5. The Balaban J connectivity index is 2.32. The fourth-order valence-electron chi connectivity index (χ4n) is 1.37. The molecule has 0 amide bonds. The highest BCUT2D eigenvalue weighted by molar-refractivity contribution is 7.97. The molecule has 1 aromatic heterocycles. The summed E-state index contributed by atoms with van der Waals surface area (Å²) in [5, 5.41) is 13.6. The number of methoxy groups -OCH3 is 1. The Bertz CT molecular complexity index is 513. The molecule has 1 heterocycles. The number of ether oxygens (including phenoxy) is 1. The molecule has 0 saturated heterocycles. The van der Waals surface area contributed by atoms with Crippen LogP contribution in [0.25, 0.3) is 11.5 Å². The SMILES string of the molecule is COc1ccc(-c2nc(CSC)no2)c(O)c1.